The van der Waals surface area contributed by atoms with Gasteiger partial charge in [-0.15, -0.1) is 0 Å². The Morgan fingerprint density at radius 3 is 2.81 bits per heavy atom. The summed E-state index contributed by atoms with van der Waals surface area (Å²) in [6.45, 7) is 0. The van der Waals surface area contributed by atoms with E-state index in [1.54, 1.807) is 0 Å². The van der Waals surface area contributed by atoms with Crippen LogP contribution >= 0.6 is 11.6 Å². The van der Waals surface area contributed by atoms with Gasteiger partial charge in [0.25, 0.3) is 5.91 Å². The molecule has 0 saturated carbocycles. The zero-order chi connectivity index (χ0) is 15.4. The maximum absolute atomic E-state index is 13.7. The molecule has 0 saturated heterocycles. The summed E-state index contributed by atoms with van der Waals surface area (Å²) >= 11 is 5.77. The second-order valence-electron chi connectivity index (χ2n) is 4.01. The van der Waals surface area contributed by atoms with Gasteiger partial charge in [0.1, 0.15) is 22.5 Å². The molecule has 110 valence electrons. The van der Waals surface area contributed by atoms with Gasteiger partial charge >= 0.3 is 0 Å². The normalized spacial score (nSPS) is 10.1. The molecule has 0 atom stereocenters. The first-order valence-electron chi connectivity index (χ1n) is 5.82. The first-order chi connectivity index (χ1) is 10.0. The minimum absolute atomic E-state index is 0.00505. The second-order valence-corrected chi connectivity index (χ2v) is 4.40. The van der Waals surface area contributed by atoms with Crippen LogP contribution in [0.1, 0.15) is 10.4 Å². The quantitative estimate of drug-likeness (QED) is 0.458. The summed E-state index contributed by atoms with van der Waals surface area (Å²) in [5.41, 5.74) is 2.47. The summed E-state index contributed by atoms with van der Waals surface area (Å²) in [5, 5.41) is 2.52. The highest BCUT2D eigenvalue weighted by molar-refractivity contribution is 6.30. The summed E-state index contributed by atoms with van der Waals surface area (Å²) in [5.74, 6) is 4.73. The number of methoxy groups -OCH3 is 1. The van der Waals surface area contributed by atoms with E-state index in [-0.39, 0.29) is 22.2 Å². The largest absolute Gasteiger partial charge is 0.497 e. The molecule has 4 N–H and O–H groups in total. The Kier molecular flexibility index (Phi) is 4.56. The molecule has 0 bridgehead atoms. The van der Waals surface area contributed by atoms with Gasteiger partial charge < -0.3 is 15.5 Å². The number of rotatable bonds is 4. The van der Waals surface area contributed by atoms with E-state index in [4.69, 9.17) is 22.2 Å². The van der Waals surface area contributed by atoms with Gasteiger partial charge in [-0.05, 0) is 24.3 Å². The monoisotopic (exact) mass is 310 g/mol. The van der Waals surface area contributed by atoms with Gasteiger partial charge in [-0.25, -0.2) is 15.2 Å². The van der Waals surface area contributed by atoms with Gasteiger partial charge in [0.15, 0.2) is 0 Å². The molecule has 0 fully saturated rings. The van der Waals surface area contributed by atoms with Gasteiger partial charge in [0.2, 0.25) is 0 Å². The van der Waals surface area contributed by atoms with E-state index in [0.29, 0.717) is 5.75 Å². The molecule has 1 aromatic heterocycles. The number of nitrogens with zero attached hydrogens (tertiary/aromatic N) is 1. The molecular weight excluding hydrogens is 299 g/mol. The lowest BCUT2D eigenvalue weighted by molar-refractivity contribution is 0.102. The Morgan fingerprint density at radius 2 is 2.14 bits per heavy atom. The highest BCUT2D eigenvalue weighted by Crippen LogP contribution is 2.22. The van der Waals surface area contributed by atoms with Crippen LogP contribution in [-0.4, -0.2) is 18.0 Å². The average molecular weight is 311 g/mol. The molecule has 2 aromatic rings. The third kappa shape index (κ3) is 3.59. The number of anilines is 2. The van der Waals surface area contributed by atoms with Crippen LogP contribution in [0.15, 0.2) is 30.3 Å². The summed E-state index contributed by atoms with van der Waals surface area (Å²) < 4.78 is 18.6. The van der Waals surface area contributed by atoms with E-state index in [0.717, 1.165) is 0 Å². The van der Waals surface area contributed by atoms with E-state index >= 15 is 0 Å². The third-order valence-electron chi connectivity index (χ3n) is 2.63. The van der Waals surface area contributed by atoms with Crippen LogP contribution < -0.4 is 21.3 Å². The molecule has 0 aliphatic rings. The van der Waals surface area contributed by atoms with Crippen LogP contribution in [0.4, 0.5) is 15.9 Å². The number of carbonyl (C=O) groups is 1. The van der Waals surface area contributed by atoms with E-state index < -0.39 is 11.7 Å². The molecule has 1 aromatic carbocycles. The summed E-state index contributed by atoms with van der Waals surface area (Å²) in [4.78, 5) is 16.0. The molecular formula is C13H12ClFN4O2. The van der Waals surface area contributed by atoms with Crippen molar-refractivity contribution < 1.29 is 13.9 Å². The highest BCUT2D eigenvalue weighted by Gasteiger charge is 2.12. The molecule has 21 heavy (non-hydrogen) atoms. The van der Waals surface area contributed by atoms with Crippen LogP contribution in [0.2, 0.25) is 5.15 Å². The topological polar surface area (TPSA) is 89.3 Å². The van der Waals surface area contributed by atoms with E-state index in [9.17, 15) is 9.18 Å². The second kappa shape index (κ2) is 6.38. The number of amides is 1. The fourth-order valence-corrected chi connectivity index (χ4v) is 1.83. The van der Waals surface area contributed by atoms with Crippen LogP contribution in [0.25, 0.3) is 0 Å². The number of halogens is 2. The number of aromatic nitrogens is 1. The molecule has 0 unspecified atom stereocenters. The van der Waals surface area contributed by atoms with Gasteiger partial charge in [0.05, 0.1) is 12.8 Å². The number of nitrogen functional groups attached to an aromatic ring is 1. The number of hydrogen-bond donors (Lipinski definition) is 3. The first kappa shape index (κ1) is 15.0. The molecule has 0 spiro atoms. The number of nitrogens with two attached hydrogens (primary N) is 1. The Morgan fingerprint density at radius 1 is 1.38 bits per heavy atom. The van der Waals surface area contributed by atoms with Crippen molar-refractivity contribution in [3.05, 3.63) is 46.9 Å². The number of pyridine rings is 1. The maximum atomic E-state index is 13.7. The number of ether oxygens (including phenoxy) is 1. The van der Waals surface area contributed by atoms with Crippen molar-refractivity contribution >= 4 is 29.0 Å². The molecule has 0 radical (unpaired) electrons. The van der Waals surface area contributed by atoms with Crippen LogP contribution in [0, 0.1) is 5.82 Å². The lowest BCUT2D eigenvalue weighted by Crippen LogP contribution is -2.15. The predicted molar refractivity (Wildman–Crippen MR) is 78.0 cm³/mol. The van der Waals surface area contributed by atoms with Crippen LogP contribution in [0.5, 0.6) is 5.75 Å². The molecule has 0 aliphatic carbocycles. The summed E-state index contributed by atoms with van der Waals surface area (Å²) in [6, 6.07) is 6.75. The molecule has 1 heterocycles. The van der Waals surface area contributed by atoms with Crippen molar-refractivity contribution in [2.75, 3.05) is 17.9 Å². The fourth-order valence-electron chi connectivity index (χ4n) is 1.62. The Labute approximate surface area is 125 Å². The van der Waals surface area contributed by atoms with Crippen molar-refractivity contribution in [3.8, 4) is 5.75 Å². The van der Waals surface area contributed by atoms with Gasteiger partial charge in [-0.2, -0.15) is 0 Å². The average Bonchev–Trinajstić information content (AvgIpc) is 2.48. The van der Waals surface area contributed by atoms with Gasteiger partial charge in [-0.1, -0.05) is 11.6 Å². The summed E-state index contributed by atoms with van der Waals surface area (Å²) in [6.07, 6.45) is 0. The van der Waals surface area contributed by atoms with Crippen molar-refractivity contribution in [2.45, 2.75) is 0 Å². The molecule has 6 nitrogen and oxygen atoms in total. The van der Waals surface area contributed by atoms with E-state index in [1.807, 2.05) is 0 Å². The molecule has 8 heteroatoms. The van der Waals surface area contributed by atoms with Crippen LogP contribution in [-0.2, 0) is 0 Å². The summed E-state index contributed by atoms with van der Waals surface area (Å²) in [7, 11) is 1.45. The predicted octanol–water partition coefficient (Wildman–Crippen LogP) is 2.42. The van der Waals surface area contributed by atoms with Crippen molar-refractivity contribution in [2.24, 2.45) is 5.84 Å². The third-order valence-corrected chi connectivity index (χ3v) is 2.82. The standard InChI is InChI=1S/C13H12ClFN4O2/c1-21-8-2-3-9(15)10(6-8)17-13(20)7-4-11(14)18-12(5-7)19-16/h2-6H,16H2,1H3,(H,17,20)(H,18,19). The minimum atomic E-state index is -0.582. The Balaban J connectivity index is 2.27. The van der Waals surface area contributed by atoms with Crippen molar-refractivity contribution in [3.63, 3.8) is 0 Å². The Bertz CT molecular complexity index is 681. The smallest absolute Gasteiger partial charge is 0.255 e. The maximum Gasteiger partial charge on any atom is 0.255 e. The molecule has 2 rings (SSSR count). The highest BCUT2D eigenvalue weighted by atomic mass is 35.5. The van der Waals surface area contributed by atoms with Gasteiger partial charge in [-0.3, -0.25) is 4.79 Å². The van der Waals surface area contributed by atoms with E-state index in [1.165, 1.54) is 37.4 Å². The fraction of sp³-hybridized carbons (Fsp3) is 0.0769. The molecule has 0 aliphatic heterocycles. The van der Waals surface area contributed by atoms with Crippen LogP contribution in [0.3, 0.4) is 0 Å². The minimum Gasteiger partial charge on any atom is -0.497 e. The zero-order valence-electron chi connectivity index (χ0n) is 11.0. The zero-order valence-corrected chi connectivity index (χ0v) is 11.7. The van der Waals surface area contributed by atoms with Crippen molar-refractivity contribution in [1.29, 1.82) is 0 Å². The number of nitrogens with one attached hydrogen (secondary N) is 2. The lowest BCUT2D eigenvalue weighted by Gasteiger charge is -2.09. The Hall–Kier alpha value is -2.38. The van der Waals surface area contributed by atoms with E-state index in [2.05, 4.69) is 15.7 Å². The number of carbonyl (C=O) groups excluding carboxylic acids is 1. The number of hydrogen-bond acceptors (Lipinski definition) is 5. The van der Waals surface area contributed by atoms with Gasteiger partial charge in [0, 0.05) is 11.6 Å². The molecule has 1 amide bonds. The number of hydrazine groups is 1. The SMILES string of the molecule is COc1ccc(F)c(NC(=O)c2cc(Cl)nc(NN)c2)c1. The number of benzene rings is 1. The van der Waals surface area contributed by atoms with Crippen molar-refractivity contribution in [1.82, 2.24) is 4.98 Å². The lowest BCUT2D eigenvalue weighted by atomic mass is 10.2. The first-order valence-corrected chi connectivity index (χ1v) is 6.20.